The van der Waals surface area contributed by atoms with Gasteiger partial charge in [-0.2, -0.15) is 0 Å². The van der Waals surface area contributed by atoms with Crippen LogP contribution in [0.2, 0.25) is 0 Å². The molecule has 2 aromatic rings. The van der Waals surface area contributed by atoms with Gasteiger partial charge in [0.15, 0.2) is 5.78 Å². The molecule has 0 bridgehead atoms. The Morgan fingerprint density at radius 1 is 1.15 bits per heavy atom. The summed E-state index contributed by atoms with van der Waals surface area (Å²) in [6.45, 7) is 3.21. The highest BCUT2D eigenvalue weighted by atomic mass is 16.5. The van der Waals surface area contributed by atoms with Gasteiger partial charge >= 0.3 is 6.03 Å². The van der Waals surface area contributed by atoms with Crippen molar-refractivity contribution < 1.29 is 19.1 Å². The molecule has 6 nitrogen and oxygen atoms in total. The number of rotatable bonds is 5. The van der Waals surface area contributed by atoms with Crippen molar-refractivity contribution in [3.63, 3.8) is 0 Å². The van der Waals surface area contributed by atoms with Gasteiger partial charge in [0.2, 0.25) is 0 Å². The Morgan fingerprint density at radius 3 is 2.46 bits per heavy atom. The first-order chi connectivity index (χ1) is 12.4. The normalized spacial score (nSPS) is 19.4. The summed E-state index contributed by atoms with van der Waals surface area (Å²) in [4.78, 5) is 38.6. The molecule has 3 rings (SSSR count). The van der Waals surface area contributed by atoms with Gasteiger partial charge in [0.05, 0.1) is 13.7 Å². The molecule has 1 aliphatic rings. The van der Waals surface area contributed by atoms with E-state index in [4.69, 9.17) is 4.74 Å². The summed E-state index contributed by atoms with van der Waals surface area (Å²) in [7, 11) is 1.57. The Labute approximate surface area is 151 Å². The zero-order chi connectivity index (χ0) is 18.9. The summed E-state index contributed by atoms with van der Waals surface area (Å²) in [5, 5.41) is 2.71. The molecule has 2 aromatic carbocycles. The molecule has 1 aliphatic heterocycles. The molecule has 1 saturated heterocycles. The van der Waals surface area contributed by atoms with Crippen LogP contribution in [0, 0.1) is 6.92 Å². The van der Waals surface area contributed by atoms with E-state index in [0.717, 1.165) is 10.5 Å². The van der Waals surface area contributed by atoms with Gasteiger partial charge in [0, 0.05) is 5.56 Å². The molecule has 26 heavy (non-hydrogen) atoms. The van der Waals surface area contributed by atoms with Crippen LogP contribution in [0.25, 0.3) is 0 Å². The van der Waals surface area contributed by atoms with Crippen LogP contribution in [0.5, 0.6) is 5.75 Å². The van der Waals surface area contributed by atoms with Crippen LogP contribution in [0.3, 0.4) is 0 Å². The summed E-state index contributed by atoms with van der Waals surface area (Å²) in [5.41, 5.74) is 0.739. The summed E-state index contributed by atoms with van der Waals surface area (Å²) < 4.78 is 5.24. The maximum atomic E-state index is 12.9. The Hall–Kier alpha value is -3.15. The van der Waals surface area contributed by atoms with Crippen molar-refractivity contribution in [2.75, 3.05) is 13.7 Å². The van der Waals surface area contributed by atoms with E-state index in [1.807, 2.05) is 6.92 Å². The zero-order valence-electron chi connectivity index (χ0n) is 14.9. The number of carbonyl (C=O) groups excluding carboxylic acids is 3. The molecule has 0 aliphatic carbocycles. The van der Waals surface area contributed by atoms with E-state index in [1.165, 1.54) is 0 Å². The van der Waals surface area contributed by atoms with Crippen LogP contribution in [0.1, 0.15) is 28.4 Å². The predicted molar refractivity (Wildman–Crippen MR) is 96.1 cm³/mol. The highest BCUT2D eigenvalue weighted by Crippen LogP contribution is 2.31. The molecule has 6 heteroatoms. The van der Waals surface area contributed by atoms with Crippen LogP contribution in [-0.2, 0) is 10.3 Å². The third-order valence-electron chi connectivity index (χ3n) is 4.64. The number of carbonyl (C=O) groups is 3. The molecular weight excluding hydrogens is 332 g/mol. The van der Waals surface area contributed by atoms with Crippen LogP contribution in [-0.4, -0.2) is 36.3 Å². The molecule has 0 aromatic heterocycles. The Balaban J connectivity index is 1.86. The number of nitrogens with one attached hydrogen (secondary N) is 1. The number of hydrogen-bond donors (Lipinski definition) is 1. The fraction of sp³-hybridized carbons (Fsp3) is 0.250. The van der Waals surface area contributed by atoms with Gasteiger partial charge in [-0.3, -0.25) is 14.5 Å². The second kappa shape index (κ2) is 6.63. The summed E-state index contributed by atoms with van der Waals surface area (Å²) in [6.07, 6.45) is 0. The molecule has 0 radical (unpaired) electrons. The molecular formula is C20H20N2O4. The number of ether oxygens (including phenoxy) is 1. The molecule has 1 atom stereocenters. The van der Waals surface area contributed by atoms with Gasteiger partial charge in [-0.15, -0.1) is 0 Å². The second-order valence-corrected chi connectivity index (χ2v) is 6.42. The molecule has 1 fully saturated rings. The topological polar surface area (TPSA) is 75.7 Å². The summed E-state index contributed by atoms with van der Waals surface area (Å²) in [6, 6.07) is 13.3. The van der Waals surface area contributed by atoms with E-state index in [2.05, 4.69) is 5.32 Å². The zero-order valence-corrected chi connectivity index (χ0v) is 14.9. The first kappa shape index (κ1) is 17.7. The molecule has 1 unspecified atom stereocenters. The van der Waals surface area contributed by atoms with Crippen molar-refractivity contribution in [1.82, 2.24) is 10.2 Å². The first-order valence-electron chi connectivity index (χ1n) is 8.24. The van der Waals surface area contributed by atoms with Crippen molar-refractivity contribution in [2.24, 2.45) is 0 Å². The molecule has 0 saturated carbocycles. The Bertz CT molecular complexity index is 879. The van der Waals surface area contributed by atoms with E-state index >= 15 is 0 Å². The molecule has 3 amide bonds. The van der Waals surface area contributed by atoms with Gasteiger partial charge in [-0.1, -0.05) is 36.4 Å². The average molecular weight is 352 g/mol. The van der Waals surface area contributed by atoms with Crippen molar-refractivity contribution in [3.8, 4) is 5.75 Å². The summed E-state index contributed by atoms with van der Waals surface area (Å²) in [5.74, 6) is -0.0363. The lowest BCUT2D eigenvalue weighted by Gasteiger charge is -2.23. The number of methoxy groups -OCH3 is 1. The van der Waals surface area contributed by atoms with E-state index in [-0.39, 0.29) is 12.3 Å². The standard InChI is InChI=1S/C20H20N2O4/c1-13-11-15(9-10-17(13)26-3)20(2)18(24)22(19(25)21-20)12-16(23)14-7-5-4-6-8-14/h4-11H,12H2,1-3H3,(H,21,25). The maximum absolute atomic E-state index is 12.9. The van der Waals surface area contributed by atoms with E-state index < -0.39 is 17.5 Å². The predicted octanol–water partition coefficient (Wildman–Crippen LogP) is 2.65. The highest BCUT2D eigenvalue weighted by Gasteiger charge is 2.49. The monoisotopic (exact) mass is 352 g/mol. The minimum absolute atomic E-state index is 0.288. The third kappa shape index (κ3) is 2.94. The maximum Gasteiger partial charge on any atom is 0.325 e. The number of imide groups is 1. The molecule has 1 heterocycles. The van der Waals surface area contributed by atoms with Crippen LogP contribution < -0.4 is 10.1 Å². The second-order valence-electron chi connectivity index (χ2n) is 6.42. The first-order valence-corrected chi connectivity index (χ1v) is 8.24. The van der Waals surface area contributed by atoms with Gasteiger partial charge in [0.1, 0.15) is 11.3 Å². The van der Waals surface area contributed by atoms with Crippen molar-refractivity contribution in [1.29, 1.82) is 0 Å². The number of nitrogens with zero attached hydrogens (tertiary/aromatic N) is 1. The smallest absolute Gasteiger partial charge is 0.325 e. The number of aryl methyl sites for hydroxylation is 1. The minimum Gasteiger partial charge on any atom is -0.496 e. The van der Waals surface area contributed by atoms with Crippen LogP contribution >= 0.6 is 0 Å². The fourth-order valence-electron chi connectivity index (χ4n) is 3.08. The molecule has 1 N–H and O–H groups in total. The van der Waals surface area contributed by atoms with Crippen molar-refractivity contribution >= 4 is 17.7 Å². The number of Topliss-reactive ketones (excluding diaryl/α,β-unsaturated/α-hetero) is 1. The van der Waals surface area contributed by atoms with Crippen molar-refractivity contribution in [2.45, 2.75) is 19.4 Å². The quantitative estimate of drug-likeness (QED) is 0.663. The average Bonchev–Trinajstić information content (AvgIpc) is 2.86. The van der Waals surface area contributed by atoms with E-state index in [1.54, 1.807) is 62.6 Å². The van der Waals surface area contributed by atoms with Gasteiger partial charge < -0.3 is 10.1 Å². The molecule has 0 spiro atoms. The van der Waals surface area contributed by atoms with Crippen LogP contribution in [0.15, 0.2) is 48.5 Å². The fourth-order valence-corrected chi connectivity index (χ4v) is 3.08. The van der Waals surface area contributed by atoms with E-state index in [9.17, 15) is 14.4 Å². The number of benzene rings is 2. The largest absolute Gasteiger partial charge is 0.496 e. The minimum atomic E-state index is -1.22. The van der Waals surface area contributed by atoms with Gasteiger partial charge in [-0.25, -0.2) is 4.79 Å². The number of urea groups is 1. The Kier molecular flexibility index (Phi) is 4.50. The van der Waals surface area contributed by atoms with Gasteiger partial charge in [-0.05, 0) is 37.1 Å². The number of ketones is 1. The van der Waals surface area contributed by atoms with Crippen molar-refractivity contribution in [3.05, 3.63) is 65.2 Å². The number of hydrogen-bond acceptors (Lipinski definition) is 4. The number of amides is 3. The lowest BCUT2D eigenvalue weighted by molar-refractivity contribution is -0.130. The Morgan fingerprint density at radius 2 is 1.85 bits per heavy atom. The van der Waals surface area contributed by atoms with Gasteiger partial charge in [0.25, 0.3) is 5.91 Å². The van der Waals surface area contributed by atoms with Crippen LogP contribution in [0.4, 0.5) is 4.79 Å². The molecule has 134 valence electrons. The lowest BCUT2D eigenvalue weighted by Crippen LogP contribution is -2.41. The third-order valence-corrected chi connectivity index (χ3v) is 4.64. The highest BCUT2D eigenvalue weighted by molar-refractivity contribution is 6.11. The SMILES string of the molecule is COc1ccc(C2(C)NC(=O)N(CC(=O)c3ccccc3)C2=O)cc1C. The lowest BCUT2D eigenvalue weighted by atomic mass is 9.90. The summed E-state index contributed by atoms with van der Waals surface area (Å²) >= 11 is 0. The van der Waals surface area contributed by atoms with E-state index in [0.29, 0.717) is 16.9 Å².